The van der Waals surface area contributed by atoms with E-state index in [9.17, 15) is 0 Å². The molecule has 0 aromatic heterocycles. The van der Waals surface area contributed by atoms with Crippen molar-refractivity contribution in [2.75, 3.05) is 13.2 Å². The topological polar surface area (TPSA) is 35.7 Å². The van der Waals surface area contributed by atoms with Gasteiger partial charge in [0, 0.05) is 18.9 Å². The second kappa shape index (κ2) is 19.1. The molecule has 1 fully saturated rings. The molecule has 2 aromatic rings. The third kappa shape index (κ3) is 12.5. The summed E-state index contributed by atoms with van der Waals surface area (Å²) in [5.74, 6) is 1.75. The first-order valence-corrected chi connectivity index (χ1v) is 18.5. The van der Waals surface area contributed by atoms with Crippen LogP contribution < -0.4 is 0 Å². The average molecular weight is 609 g/mol. The van der Waals surface area contributed by atoms with Gasteiger partial charge in [-0.15, -0.1) is 5.69 Å². The molecule has 39 heavy (non-hydrogen) atoms. The number of benzene rings is 2. The van der Waals surface area contributed by atoms with Gasteiger partial charge in [-0.3, -0.25) is 4.99 Å². The summed E-state index contributed by atoms with van der Waals surface area (Å²) >= 11 is -0.556. The van der Waals surface area contributed by atoms with Crippen LogP contribution in [0, 0.1) is 0 Å². The van der Waals surface area contributed by atoms with Gasteiger partial charge >= 0.3 is 35.6 Å². The molecule has 1 aliphatic heterocycles. The fourth-order valence-corrected chi connectivity index (χ4v) is 4.51. The van der Waals surface area contributed by atoms with Crippen molar-refractivity contribution >= 4 is 35.7 Å². The molecule has 0 spiro atoms. The van der Waals surface area contributed by atoms with Gasteiger partial charge in [-0.1, -0.05) is 116 Å². The Morgan fingerprint density at radius 1 is 0.769 bits per heavy atom. The zero-order valence-electron chi connectivity index (χ0n) is 25.7. The Morgan fingerprint density at radius 3 is 1.49 bits per heavy atom. The summed E-state index contributed by atoms with van der Waals surface area (Å²) in [6.45, 7) is 24.1. The SMILES string of the molecule is C1CCOC1.CC(=CC(C)=Nc1c(C(C)C)cccc1C(C)C)[N-]c1c(C(C)C)cccc1C(C)C.[Cl][Ti][Cl]. The van der Waals surface area contributed by atoms with Crippen molar-refractivity contribution in [3.05, 3.63) is 75.7 Å². The first kappa shape index (κ1) is 35.9. The molecule has 0 atom stereocenters. The molecule has 216 valence electrons. The Labute approximate surface area is 255 Å². The van der Waals surface area contributed by atoms with Crippen molar-refractivity contribution in [3.8, 4) is 0 Å². The third-order valence-electron chi connectivity index (χ3n) is 6.51. The van der Waals surface area contributed by atoms with Gasteiger partial charge in [0.25, 0.3) is 0 Å². The first-order valence-electron chi connectivity index (χ1n) is 14.2. The van der Waals surface area contributed by atoms with E-state index < -0.39 is 17.0 Å². The fourth-order valence-electron chi connectivity index (χ4n) is 4.51. The molecule has 0 bridgehead atoms. The Morgan fingerprint density at radius 2 is 1.15 bits per heavy atom. The van der Waals surface area contributed by atoms with Crippen molar-refractivity contribution in [1.29, 1.82) is 0 Å². The van der Waals surface area contributed by atoms with Crippen LogP contribution in [0.1, 0.15) is 128 Å². The van der Waals surface area contributed by atoms with Crippen LogP contribution in [-0.2, 0) is 21.8 Å². The molecule has 3 rings (SSSR count). The van der Waals surface area contributed by atoms with E-state index in [4.69, 9.17) is 33.7 Å². The molecule has 1 saturated heterocycles. The molecule has 0 aliphatic carbocycles. The monoisotopic (exact) mass is 607 g/mol. The summed E-state index contributed by atoms with van der Waals surface area (Å²) in [7, 11) is 9.78. The van der Waals surface area contributed by atoms with Crippen LogP contribution in [0.4, 0.5) is 11.4 Å². The number of allylic oxidation sites excluding steroid dienone is 2. The zero-order valence-corrected chi connectivity index (χ0v) is 28.8. The van der Waals surface area contributed by atoms with E-state index in [0.717, 1.165) is 36.0 Å². The van der Waals surface area contributed by atoms with Gasteiger partial charge in [0.05, 0.1) is 5.69 Å². The van der Waals surface area contributed by atoms with Crippen LogP contribution in [-0.4, -0.2) is 18.9 Å². The van der Waals surface area contributed by atoms with Crippen LogP contribution in [0.2, 0.25) is 0 Å². The van der Waals surface area contributed by atoms with Crippen molar-refractivity contribution in [1.82, 2.24) is 0 Å². The van der Waals surface area contributed by atoms with Crippen molar-refractivity contribution in [3.63, 3.8) is 0 Å². The molecule has 0 amide bonds. The molecule has 0 unspecified atom stereocenters. The molecule has 0 radical (unpaired) electrons. The summed E-state index contributed by atoms with van der Waals surface area (Å²) in [5, 5.41) is 5.08. The van der Waals surface area contributed by atoms with E-state index in [1.54, 1.807) is 0 Å². The van der Waals surface area contributed by atoms with Gasteiger partial charge in [-0.2, -0.15) is 5.70 Å². The summed E-state index contributed by atoms with van der Waals surface area (Å²) in [5.41, 5.74) is 9.45. The number of nitrogens with zero attached hydrogens (tertiary/aromatic N) is 2. The summed E-state index contributed by atoms with van der Waals surface area (Å²) in [6.07, 6.45) is 4.67. The number of rotatable bonds is 8. The van der Waals surface area contributed by atoms with Gasteiger partial charge in [0.15, 0.2) is 0 Å². The van der Waals surface area contributed by atoms with Crippen LogP contribution in [0.25, 0.3) is 5.32 Å². The molecule has 1 aliphatic rings. The standard InChI is InChI=1S/C29H41N2.C4H8O.2ClH.Ti/c1-18(2)24-13-11-14-25(19(3)4)28(24)30-22(9)17-23(10)31-29-26(20(5)6)15-12-16-27(29)21(7)8;1-2-4-5-3-1;;;/h11-21H,1-10H3;1-4H2;2*1H;/q-1;;;;+2/p-2. The van der Waals surface area contributed by atoms with Crippen LogP contribution in [0.5, 0.6) is 0 Å². The molecule has 0 N–H and O–H groups in total. The zero-order chi connectivity index (χ0) is 29.5. The average Bonchev–Trinajstić information content (AvgIpc) is 3.44. The van der Waals surface area contributed by atoms with E-state index in [1.165, 1.54) is 35.1 Å². The second-order valence-electron chi connectivity index (χ2n) is 11.2. The Bertz CT molecular complexity index is 998. The summed E-state index contributed by atoms with van der Waals surface area (Å²) in [6, 6.07) is 13.1. The number of halogens is 2. The van der Waals surface area contributed by atoms with Gasteiger partial charge in [-0.25, -0.2) is 0 Å². The van der Waals surface area contributed by atoms with E-state index >= 15 is 0 Å². The maximum atomic E-state index is 5.08. The van der Waals surface area contributed by atoms with Gasteiger partial charge in [0.1, 0.15) is 0 Å². The summed E-state index contributed by atoms with van der Waals surface area (Å²) < 4.78 is 4.94. The molecule has 1 heterocycles. The predicted octanol–water partition coefficient (Wildman–Crippen LogP) is 12.1. The van der Waals surface area contributed by atoms with Crippen molar-refractivity contribution < 1.29 is 21.8 Å². The number of aliphatic imine (C=N–C) groups is 1. The number of ether oxygens (including phenoxy) is 1. The van der Waals surface area contributed by atoms with E-state index in [2.05, 4.69) is 112 Å². The maximum absolute atomic E-state index is 5.08. The normalized spacial score (nSPS) is 13.8. The molecule has 3 nitrogen and oxygen atoms in total. The van der Waals surface area contributed by atoms with E-state index in [1.807, 2.05) is 0 Å². The molecular formula is C33H49Cl2N2OTi-. The first-order chi connectivity index (χ1) is 18.4. The minimum absolute atomic E-state index is 0.437. The number of hydrogen-bond acceptors (Lipinski definition) is 2. The number of hydrogen-bond donors (Lipinski definition) is 0. The third-order valence-corrected chi connectivity index (χ3v) is 6.51. The van der Waals surface area contributed by atoms with Crippen LogP contribution in [0.3, 0.4) is 0 Å². The van der Waals surface area contributed by atoms with Crippen molar-refractivity contribution in [2.45, 2.75) is 106 Å². The quantitative estimate of drug-likeness (QED) is 0.217. The second-order valence-corrected chi connectivity index (χ2v) is 13.8. The van der Waals surface area contributed by atoms with E-state index in [-0.39, 0.29) is 0 Å². The van der Waals surface area contributed by atoms with E-state index in [0.29, 0.717) is 23.7 Å². The van der Waals surface area contributed by atoms with Crippen LogP contribution >= 0.6 is 18.6 Å². The van der Waals surface area contributed by atoms with Gasteiger partial charge < -0.3 is 10.1 Å². The molecular weight excluding hydrogens is 559 g/mol. The van der Waals surface area contributed by atoms with Crippen LogP contribution in [0.15, 0.2) is 53.2 Å². The summed E-state index contributed by atoms with van der Waals surface area (Å²) in [4.78, 5) is 5.08. The number of para-hydroxylation sites is 2. The Balaban J connectivity index is 0.000000820. The fraction of sp³-hybridized carbons (Fsp3) is 0.545. The molecule has 0 saturated carbocycles. The van der Waals surface area contributed by atoms with Gasteiger partial charge in [-0.05, 0) is 54.6 Å². The Hall–Kier alpha value is -1.10. The minimum atomic E-state index is -0.556. The predicted molar refractivity (Wildman–Crippen MR) is 171 cm³/mol. The van der Waals surface area contributed by atoms with Crippen molar-refractivity contribution in [2.24, 2.45) is 4.99 Å². The Kier molecular flexibility index (Phi) is 17.6. The van der Waals surface area contributed by atoms with Gasteiger partial charge in [0.2, 0.25) is 0 Å². The molecule has 2 aromatic carbocycles. The molecule has 6 heteroatoms.